The quantitative estimate of drug-likeness (QED) is 0.817. The first-order valence-electron chi connectivity index (χ1n) is 5.32. The molecule has 0 atom stereocenters. The van der Waals surface area contributed by atoms with Gasteiger partial charge in [0.1, 0.15) is 5.69 Å². The predicted molar refractivity (Wildman–Crippen MR) is 68.0 cm³/mol. The number of pyridine rings is 1. The second kappa shape index (κ2) is 4.79. The molecular formula is C12H12BrN3O. The van der Waals surface area contributed by atoms with Gasteiger partial charge in [0.15, 0.2) is 0 Å². The van der Waals surface area contributed by atoms with Crippen molar-refractivity contribution in [2.45, 2.75) is 20.4 Å². The summed E-state index contributed by atoms with van der Waals surface area (Å²) in [6.07, 6.45) is 3.29. The van der Waals surface area contributed by atoms with E-state index in [9.17, 15) is 4.79 Å². The summed E-state index contributed by atoms with van der Waals surface area (Å²) >= 11 is 3.35. The van der Waals surface area contributed by atoms with Crippen LogP contribution in [0.5, 0.6) is 0 Å². The molecule has 0 aromatic carbocycles. The van der Waals surface area contributed by atoms with Gasteiger partial charge < -0.3 is 0 Å². The first-order chi connectivity index (χ1) is 8.13. The zero-order valence-electron chi connectivity index (χ0n) is 9.64. The highest BCUT2D eigenvalue weighted by Gasteiger charge is 2.18. The summed E-state index contributed by atoms with van der Waals surface area (Å²) in [6.45, 7) is 4.48. The largest absolute Gasteiger partial charge is 0.287 e. The van der Waals surface area contributed by atoms with Crippen LogP contribution in [-0.4, -0.2) is 20.5 Å². The molecule has 4 nitrogen and oxygen atoms in total. The molecule has 2 aromatic rings. The van der Waals surface area contributed by atoms with E-state index < -0.39 is 0 Å². The van der Waals surface area contributed by atoms with E-state index in [0.717, 1.165) is 10.2 Å². The average Bonchev–Trinajstić information content (AvgIpc) is 2.69. The van der Waals surface area contributed by atoms with Gasteiger partial charge in [-0.05, 0) is 41.9 Å². The molecule has 0 aliphatic heterocycles. The SMILES string of the molecule is CCn1ncc(Br)c1C(=O)c1ccnc(C)c1. The van der Waals surface area contributed by atoms with Gasteiger partial charge in [0, 0.05) is 24.0 Å². The maximum Gasteiger partial charge on any atom is 0.212 e. The van der Waals surface area contributed by atoms with Crippen molar-refractivity contribution < 1.29 is 4.79 Å². The standard InChI is InChI=1S/C12H12BrN3O/c1-3-16-11(10(13)7-15-16)12(17)9-4-5-14-8(2)6-9/h4-7H,3H2,1-2H3. The molecule has 0 aliphatic rings. The Hall–Kier alpha value is -1.49. The van der Waals surface area contributed by atoms with E-state index in [-0.39, 0.29) is 5.78 Å². The minimum atomic E-state index is -0.0401. The monoisotopic (exact) mass is 293 g/mol. The van der Waals surface area contributed by atoms with Crippen LogP contribution in [0.15, 0.2) is 29.0 Å². The minimum Gasteiger partial charge on any atom is -0.287 e. The average molecular weight is 294 g/mol. The Morgan fingerprint density at radius 1 is 1.53 bits per heavy atom. The fourth-order valence-corrected chi connectivity index (χ4v) is 2.13. The van der Waals surface area contributed by atoms with Crippen LogP contribution in [0.25, 0.3) is 0 Å². The molecule has 0 spiro atoms. The Balaban J connectivity index is 2.47. The molecule has 2 rings (SSSR count). The number of hydrogen-bond acceptors (Lipinski definition) is 3. The summed E-state index contributed by atoms with van der Waals surface area (Å²) < 4.78 is 2.40. The van der Waals surface area contributed by atoms with Crippen LogP contribution in [0.3, 0.4) is 0 Å². The van der Waals surface area contributed by atoms with Gasteiger partial charge in [-0.3, -0.25) is 14.5 Å². The molecule has 88 valence electrons. The van der Waals surface area contributed by atoms with Gasteiger partial charge in [-0.15, -0.1) is 0 Å². The maximum atomic E-state index is 12.3. The maximum absolute atomic E-state index is 12.3. The number of ketones is 1. The Morgan fingerprint density at radius 2 is 2.29 bits per heavy atom. The summed E-state index contributed by atoms with van der Waals surface area (Å²) in [5.41, 5.74) is 2.04. The van der Waals surface area contributed by atoms with E-state index in [1.165, 1.54) is 0 Å². The molecule has 5 heteroatoms. The number of nitrogens with zero attached hydrogens (tertiary/aromatic N) is 3. The zero-order valence-corrected chi connectivity index (χ0v) is 11.2. The third kappa shape index (κ3) is 2.29. The van der Waals surface area contributed by atoms with Gasteiger partial charge in [-0.1, -0.05) is 0 Å². The van der Waals surface area contributed by atoms with E-state index in [0.29, 0.717) is 17.8 Å². The number of aromatic nitrogens is 3. The lowest BCUT2D eigenvalue weighted by molar-refractivity contribution is 0.102. The van der Waals surface area contributed by atoms with Crippen molar-refractivity contribution >= 4 is 21.7 Å². The first-order valence-corrected chi connectivity index (χ1v) is 6.11. The Labute approximate surface area is 108 Å². The minimum absolute atomic E-state index is 0.0401. The molecule has 2 aromatic heterocycles. The second-order valence-corrected chi connectivity index (χ2v) is 4.53. The Bertz CT molecular complexity index is 563. The number of hydrogen-bond donors (Lipinski definition) is 0. The molecule has 0 radical (unpaired) electrons. The number of aryl methyl sites for hydroxylation is 2. The predicted octanol–water partition coefficient (Wildman–Crippen LogP) is 2.60. The molecule has 0 amide bonds. The van der Waals surface area contributed by atoms with Crippen LogP contribution >= 0.6 is 15.9 Å². The molecule has 0 saturated carbocycles. The van der Waals surface area contributed by atoms with Crippen molar-refractivity contribution in [2.75, 3.05) is 0 Å². The third-order valence-electron chi connectivity index (χ3n) is 2.47. The molecule has 0 saturated heterocycles. The first kappa shape index (κ1) is 12.0. The molecule has 0 fully saturated rings. The number of carbonyl (C=O) groups excluding carboxylic acids is 1. The zero-order chi connectivity index (χ0) is 12.4. The van der Waals surface area contributed by atoms with Gasteiger partial charge in [-0.2, -0.15) is 5.10 Å². The molecule has 0 unspecified atom stereocenters. The van der Waals surface area contributed by atoms with Gasteiger partial charge in [0.2, 0.25) is 5.78 Å². The highest BCUT2D eigenvalue weighted by Crippen LogP contribution is 2.19. The van der Waals surface area contributed by atoms with Crippen LogP contribution in [0.2, 0.25) is 0 Å². The lowest BCUT2D eigenvalue weighted by Gasteiger charge is -2.05. The van der Waals surface area contributed by atoms with Crippen LogP contribution < -0.4 is 0 Å². The molecule has 17 heavy (non-hydrogen) atoms. The lowest BCUT2D eigenvalue weighted by atomic mass is 10.1. The van der Waals surface area contributed by atoms with Crippen molar-refractivity contribution in [3.05, 3.63) is 46.0 Å². The molecule has 0 bridgehead atoms. The fraction of sp³-hybridized carbons (Fsp3) is 0.250. The van der Waals surface area contributed by atoms with E-state index in [4.69, 9.17) is 0 Å². The lowest BCUT2D eigenvalue weighted by Crippen LogP contribution is -2.11. The number of halogens is 1. The van der Waals surface area contributed by atoms with E-state index in [2.05, 4.69) is 26.0 Å². The van der Waals surface area contributed by atoms with Crippen LogP contribution in [0.1, 0.15) is 28.7 Å². The van der Waals surface area contributed by atoms with Crippen molar-refractivity contribution in [2.24, 2.45) is 0 Å². The van der Waals surface area contributed by atoms with Gasteiger partial charge >= 0.3 is 0 Å². The van der Waals surface area contributed by atoms with Crippen LogP contribution in [0, 0.1) is 6.92 Å². The Morgan fingerprint density at radius 3 is 2.94 bits per heavy atom. The Kier molecular flexibility index (Phi) is 3.38. The summed E-state index contributed by atoms with van der Waals surface area (Å²) in [4.78, 5) is 16.4. The van der Waals surface area contributed by atoms with Gasteiger partial charge in [0.25, 0.3) is 0 Å². The molecule has 0 N–H and O–H groups in total. The number of rotatable bonds is 3. The highest BCUT2D eigenvalue weighted by atomic mass is 79.9. The summed E-state index contributed by atoms with van der Waals surface area (Å²) in [7, 11) is 0. The normalized spacial score (nSPS) is 10.5. The number of carbonyl (C=O) groups is 1. The smallest absolute Gasteiger partial charge is 0.212 e. The van der Waals surface area contributed by atoms with E-state index in [1.807, 2.05) is 13.8 Å². The molecular weight excluding hydrogens is 282 g/mol. The molecule has 0 aliphatic carbocycles. The van der Waals surface area contributed by atoms with Crippen molar-refractivity contribution in [1.82, 2.24) is 14.8 Å². The van der Waals surface area contributed by atoms with Crippen molar-refractivity contribution in [3.63, 3.8) is 0 Å². The third-order valence-corrected chi connectivity index (χ3v) is 3.05. The van der Waals surface area contributed by atoms with Crippen LogP contribution in [0.4, 0.5) is 0 Å². The summed E-state index contributed by atoms with van der Waals surface area (Å²) in [5, 5.41) is 4.14. The van der Waals surface area contributed by atoms with Crippen LogP contribution in [-0.2, 0) is 6.54 Å². The summed E-state index contributed by atoms with van der Waals surface area (Å²) in [5.74, 6) is -0.0401. The van der Waals surface area contributed by atoms with E-state index >= 15 is 0 Å². The second-order valence-electron chi connectivity index (χ2n) is 3.67. The van der Waals surface area contributed by atoms with Crippen molar-refractivity contribution in [1.29, 1.82) is 0 Å². The fourth-order valence-electron chi connectivity index (χ4n) is 1.65. The topological polar surface area (TPSA) is 47.8 Å². The summed E-state index contributed by atoms with van der Waals surface area (Å²) in [6, 6.07) is 3.50. The molecule has 2 heterocycles. The van der Waals surface area contributed by atoms with E-state index in [1.54, 1.807) is 29.2 Å². The van der Waals surface area contributed by atoms with Gasteiger partial charge in [-0.25, -0.2) is 0 Å². The van der Waals surface area contributed by atoms with Gasteiger partial charge in [0.05, 0.1) is 10.7 Å². The highest BCUT2D eigenvalue weighted by molar-refractivity contribution is 9.10. The van der Waals surface area contributed by atoms with Crippen molar-refractivity contribution in [3.8, 4) is 0 Å².